The first kappa shape index (κ1) is 23.8. The Balaban J connectivity index is 1.59. The van der Waals surface area contributed by atoms with Crippen molar-refractivity contribution in [3.63, 3.8) is 0 Å². The van der Waals surface area contributed by atoms with Gasteiger partial charge in [0.25, 0.3) is 0 Å². The molecule has 0 amide bonds. The molecule has 2 aliphatic rings. The molecule has 0 N–H and O–H groups in total. The summed E-state index contributed by atoms with van der Waals surface area (Å²) >= 11 is 0. The van der Waals surface area contributed by atoms with Crippen molar-refractivity contribution in [1.29, 1.82) is 0 Å². The van der Waals surface area contributed by atoms with E-state index < -0.39 is 8.32 Å². The second-order valence-corrected chi connectivity index (χ2v) is 14.7. The smallest absolute Gasteiger partial charge is 0.192 e. The molecule has 28 heavy (non-hydrogen) atoms. The molecule has 0 bridgehead atoms. The van der Waals surface area contributed by atoms with Gasteiger partial charge in [-0.3, -0.25) is 4.79 Å². The molecule has 1 fully saturated rings. The van der Waals surface area contributed by atoms with E-state index in [1.165, 1.54) is 37.7 Å². The fraction of sp³-hybridized carbons (Fsp3) is 0.870. The summed E-state index contributed by atoms with van der Waals surface area (Å²) in [5.41, 5.74) is 1.23. The molecule has 0 saturated carbocycles. The SMILES string of the molecule is CC(C)(C)[Si](C)(C)OC1CC(=O)C=C1CCCCCCCOC1CCCCO1. The van der Waals surface area contributed by atoms with E-state index in [0.717, 1.165) is 38.9 Å². The van der Waals surface area contributed by atoms with E-state index in [9.17, 15) is 4.79 Å². The van der Waals surface area contributed by atoms with E-state index in [-0.39, 0.29) is 23.2 Å². The molecule has 0 spiro atoms. The van der Waals surface area contributed by atoms with Crippen molar-refractivity contribution in [3.8, 4) is 0 Å². The third kappa shape index (κ3) is 7.73. The van der Waals surface area contributed by atoms with Crippen molar-refractivity contribution < 1.29 is 18.7 Å². The predicted molar refractivity (Wildman–Crippen MR) is 117 cm³/mol. The average Bonchev–Trinajstić information content (AvgIpc) is 2.95. The number of allylic oxidation sites excluding steroid dienone is 1. The molecule has 0 aromatic carbocycles. The van der Waals surface area contributed by atoms with Gasteiger partial charge in [0.1, 0.15) is 0 Å². The molecule has 1 aliphatic carbocycles. The standard InChI is InChI=1S/C23H42O4Si/c1-23(2,3)28(4,5)27-21-18-20(24)17-19(21)13-9-7-6-8-11-15-25-22-14-10-12-16-26-22/h17,21-22H,6-16,18H2,1-5H3. The normalized spacial score (nSPS) is 23.9. The van der Waals surface area contributed by atoms with Gasteiger partial charge in [0.05, 0.1) is 6.10 Å². The Morgan fingerprint density at radius 2 is 1.82 bits per heavy atom. The Morgan fingerprint density at radius 1 is 1.11 bits per heavy atom. The fourth-order valence-corrected chi connectivity index (χ4v) is 4.87. The molecule has 162 valence electrons. The van der Waals surface area contributed by atoms with Gasteiger partial charge >= 0.3 is 0 Å². The molecule has 1 saturated heterocycles. The molecule has 1 heterocycles. The van der Waals surface area contributed by atoms with Gasteiger partial charge < -0.3 is 13.9 Å². The molecular formula is C23H42O4Si. The van der Waals surface area contributed by atoms with E-state index in [0.29, 0.717) is 6.42 Å². The summed E-state index contributed by atoms with van der Waals surface area (Å²) in [5, 5.41) is 0.175. The first-order valence-electron chi connectivity index (χ1n) is 11.3. The van der Waals surface area contributed by atoms with Crippen LogP contribution in [0.3, 0.4) is 0 Å². The maximum absolute atomic E-state index is 12.0. The number of ketones is 1. The lowest BCUT2D eigenvalue weighted by molar-refractivity contribution is -0.162. The number of rotatable bonds is 11. The van der Waals surface area contributed by atoms with Crippen LogP contribution in [0.5, 0.6) is 0 Å². The first-order valence-corrected chi connectivity index (χ1v) is 14.2. The highest BCUT2D eigenvalue weighted by atomic mass is 28.4. The topological polar surface area (TPSA) is 44.8 Å². The summed E-state index contributed by atoms with van der Waals surface area (Å²) < 4.78 is 17.9. The van der Waals surface area contributed by atoms with Gasteiger partial charge in [0.15, 0.2) is 20.4 Å². The van der Waals surface area contributed by atoms with Crippen molar-refractivity contribution >= 4 is 14.1 Å². The maximum Gasteiger partial charge on any atom is 0.192 e. The predicted octanol–water partition coefficient (Wildman–Crippen LogP) is 6.16. The van der Waals surface area contributed by atoms with E-state index in [2.05, 4.69) is 33.9 Å². The van der Waals surface area contributed by atoms with Gasteiger partial charge in [0, 0.05) is 19.6 Å². The lowest BCUT2D eigenvalue weighted by atomic mass is 10.0. The zero-order valence-electron chi connectivity index (χ0n) is 18.9. The molecule has 5 heteroatoms. The van der Waals surface area contributed by atoms with Gasteiger partial charge in [-0.25, -0.2) is 0 Å². The number of hydrogen-bond acceptors (Lipinski definition) is 4. The van der Waals surface area contributed by atoms with Gasteiger partial charge in [0.2, 0.25) is 0 Å². The van der Waals surface area contributed by atoms with Crippen molar-refractivity contribution in [2.24, 2.45) is 0 Å². The molecule has 0 radical (unpaired) electrons. The highest BCUT2D eigenvalue weighted by Crippen LogP contribution is 2.39. The summed E-state index contributed by atoms with van der Waals surface area (Å²) in [6.07, 6.45) is 12.8. The van der Waals surface area contributed by atoms with E-state index in [4.69, 9.17) is 13.9 Å². The number of carbonyl (C=O) groups is 1. The third-order valence-corrected chi connectivity index (χ3v) is 10.9. The van der Waals surface area contributed by atoms with Crippen molar-refractivity contribution in [2.45, 2.75) is 116 Å². The monoisotopic (exact) mass is 410 g/mol. The quantitative estimate of drug-likeness (QED) is 0.302. The molecular weight excluding hydrogens is 368 g/mol. The summed E-state index contributed by atoms with van der Waals surface area (Å²) in [5.74, 6) is 0.237. The summed E-state index contributed by atoms with van der Waals surface area (Å²) in [6.45, 7) is 13.0. The van der Waals surface area contributed by atoms with Crippen molar-refractivity contribution in [3.05, 3.63) is 11.6 Å². The van der Waals surface area contributed by atoms with Crippen LogP contribution in [-0.2, 0) is 18.7 Å². The Bertz CT molecular complexity index is 515. The summed E-state index contributed by atoms with van der Waals surface area (Å²) in [7, 11) is -1.84. The minimum absolute atomic E-state index is 0.0253. The maximum atomic E-state index is 12.0. The first-order chi connectivity index (χ1) is 13.2. The van der Waals surface area contributed by atoms with E-state index >= 15 is 0 Å². The largest absolute Gasteiger partial charge is 0.410 e. The minimum atomic E-state index is -1.84. The molecule has 2 rings (SSSR count). The van der Waals surface area contributed by atoms with E-state index in [1.807, 2.05) is 6.08 Å². The minimum Gasteiger partial charge on any atom is -0.410 e. The van der Waals surface area contributed by atoms with Gasteiger partial charge in [-0.1, -0.05) is 40.0 Å². The number of hydrogen-bond donors (Lipinski definition) is 0. The summed E-state index contributed by atoms with van der Waals surface area (Å²) in [4.78, 5) is 12.0. The number of ether oxygens (including phenoxy) is 2. The lowest BCUT2D eigenvalue weighted by Gasteiger charge is -2.39. The van der Waals surface area contributed by atoms with Crippen LogP contribution in [0, 0.1) is 0 Å². The van der Waals surface area contributed by atoms with Crippen LogP contribution in [0.2, 0.25) is 18.1 Å². The molecule has 0 aromatic rings. The number of carbonyl (C=O) groups excluding carboxylic acids is 1. The Labute approximate surface area is 173 Å². The van der Waals surface area contributed by atoms with Crippen molar-refractivity contribution in [1.82, 2.24) is 0 Å². The van der Waals surface area contributed by atoms with Crippen LogP contribution in [0.15, 0.2) is 11.6 Å². The highest BCUT2D eigenvalue weighted by Gasteiger charge is 2.41. The number of unbranched alkanes of at least 4 members (excludes halogenated alkanes) is 4. The van der Waals surface area contributed by atoms with Gasteiger partial charge in [-0.2, -0.15) is 0 Å². The second kappa shape index (κ2) is 11.0. The molecule has 4 nitrogen and oxygen atoms in total. The van der Waals surface area contributed by atoms with Crippen LogP contribution < -0.4 is 0 Å². The van der Waals surface area contributed by atoms with Crippen molar-refractivity contribution in [2.75, 3.05) is 13.2 Å². The van der Waals surface area contributed by atoms with Gasteiger partial charge in [-0.05, 0) is 68.3 Å². The zero-order valence-corrected chi connectivity index (χ0v) is 19.9. The Kier molecular flexibility index (Phi) is 9.38. The van der Waals surface area contributed by atoms with Crippen LogP contribution in [0.25, 0.3) is 0 Å². The average molecular weight is 411 g/mol. The van der Waals surface area contributed by atoms with E-state index in [1.54, 1.807) is 0 Å². The lowest BCUT2D eigenvalue weighted by Crippen LogP contribution is -2.44. The Morgan fingerprint density at radius 3 is 2.50 bits per heavy atom. The van der Waals surface area contributed by atoms with Crippen LogP contribution >= 0.6 is 0 Å². The molecule has 1 aliphatic heterocycles. The van der Waals surface area contributed by atoms with Crippen LogP contribution in [0.4, 0.5) is 0 Å². The summed E-state index contributed by atoms with van der Waals surface area (Å²) in [6, 6.07) is 0. The zero-order chi connectivity index (χ0) is 20.6. The Hall–Kier alpha value is -0.493. The molecule has 2 unspecified atom stereocenters. The van der Waals surface area contributed by atoms with Crippen LogP contribution in [-0.4, -0.2) is 39.7 Å². The highest BCUT2D eigenvalue weighted by molar-refractivity contribution is 6.74. The third-order valence-electron chi connectivity index (χ3n) is 6.44. The second-order valence-electron chi connectivity index (χ2n) is 9.94. The van der Waals surface area contributed by atoms with Crippen LogP contribution in [0.1, 0.15) is 85.0 Å². The molecule has 0 aromatic heterocycles. The molecule has 2 atom stereocenters. The fourth-order valence-electron chi connectivity index (χ4n) is 3.57. The van der Waals surface area contributed by atoms with Gasteiger partial charge in [-0.15, -0.1) is 0 Å².